The lowest BCUT2D eigenvalue weighted by molar-refractivity contribution is 0.253. The zero-order chi connectivity index (χ0) is 17.4. The van der Waals surface area contributed by atoms with Crippen molar-refractivity contribution >= 4 is 46.6 Å². The molecule has 3 rings (SSSR count). The normalized spacial score (nSPS) is 11.8. The Balaban J connectivity index is 1.94. The van der Waals surface area contributed by atoms with Crippen molar-refractivity contribution in [3.63, 3.8) is 0 Å². The molecule has 4 amide bonds. The molecular formula is C14H15N7O2S. The molecule has 0 saturated heterocycles. The molecule has 10 heteroatoms. The van der Waals surface area contributed by atoms with Crippen molar-refractivity contribution in [2.45, 2.75) is 9.79 Å². The van der Waals surface area contributed by atoms with E-state index in [9.17, 15) is 9.59 Å². The van der Waals surface area contributed by atoms with E-state index in [1.165, 1.54) is 11.8 Å². The van der Waals surface area contributed by atoms with Gasteiger partial charge in [0.15, 0.2) is 0 Å². The van der Waals surface area contributed by atoms with Crippen LogP contribution in [0.3, 0.4) is 0 Å². The minimum atomic E-state index is -0.758. The maximum Gasteiger partial charge on any atom is 0.333 e. The van der Waals surface area contributed by atoms with Gasteiger partial charge in [0.1, 0.15) is 0 Å². The van der Waals surface area contributed by atoms with Crippen molar-refractivity contribution < 1.29 is 9.59 Å². The summed E-state index contributed by atoms with van der Waals surface area (Å²) in [7, 11) is 0. The van der Waals surface area contributed by atoms with E-state index in [4.69, 9.17) is 23.2 Å². The molecule has 124 valence electrons. The number of fused-ring (bicyclic) bond motifs is 2. The summed E-state index contributed by atoms with van der Waals surface area (Å²) in [6.07, 6.45) is 0. The molecule has 0 aliphatic carbocycles. The van der Waals surface area contributed by atoms with Crippen LogP contribution < -0.4 is 38.5 Å². The van der Waals surface area contributed by atoms with E-state index in [2.05, 4.69) is 5.32 Å². The van der Waals surface area contributed by atoms with Crippen molar-refractivity contribution in [1.29, 1.82) is 0 Å². The zero-order valence-electron chi connectivity index (χ0n) is 12.4. The van der Waals surface area contributed by atoms with Crippen LogP contribution in [-0.4, -0.2) is 12.1 Å². The Bertz CT molecular complexity index is 774. The molecular weight excluding hydrogens is 330 g/mol. The number of nitrogens with one attached hydrogen (secondary N) is 1. The van der Waals surface area contributed by atoms with E-state index in [0.717, 1.165) is 31.2 Å². The first-order chi connectivity index (χ1) is 11.4. The number of benzene rings is 2. The standard InChI is InChI=1S/C14H15N7O2S/c15-13(22)20(17)7-1-3-9-11(5-7)24-12-6-8(21(18)14(16)23)2-4-10(12)19-9/h1-6,19H,17-18H2,(H2,15,22)(H2,16,23). The fourth-order valence-electron chi connectivity index (χ4n) is 2.22. The summed E-state index contributed by atoms with van der Waals surface area (Å²) in [6, 6.07) is 8.93. The number of urea groups is 2. The summed E-state index contributed by atoms with van der Waals surface area (Å²) in [5, 5.41) is 4.98. The fourth-order valence-corrected chi connectivity index (χ4v) is 3.27. The highest BCUT2D eigenvalue weighted by Crippen LogP contribution is 2.46. The van der Waals surface area contributed by atoms with Gasteiger partial charge in [-0.15, -0.1) is 0 Å². The van der Waals surface area contributed by atoms with Gasteiger partial charge in [-0.05, 0) is 36.4 Å². The molecule has 24 heavy (non-hydrogen) atoms. The Kier molecular flexibility index (Phi) is 3.93. The van der Waals surface area contributed by atoms with Gasteiger partial charge in [0.05, 0.1) is 22.7 Å². The fraction of sp³-hybridized carbons (Fsp3) is 0. The van der Waals surface area contributed by atoms with Gasteiger partial charge in [0, 0.05) is 9.79 Å². The largest absolute Gasteiger partial charge is 0.354 e. The number of nitrogens with zero attached hydrogens (tertiary/aromatic N) is 2. The molecule has 9 N–H and O–H groups in total. The predicted molar refractivity (Wildman–Crippen MR) is 92.8 cm³/mol. The summed E-state index contributed by atoms with van der Waals surface area (Å²) < 4.78 is 0. The van der Waals surface area contributed by atoms with Gasteiger partial charge in [0.2, 0.25) is 0 Å². The molecule has 9 nitrogen and oxygen atoms in total. The Labute approximate surface area is 141 Å². The van der Waals surface area contributed by atoms with Gasteiger partial charge in [0.25, 0.3) is 0 Å². The Hall–Kier alpha value is -2.95. The van der Waals surface area contributed by atoms with Gasteiger partial charge in [-0.3, -0.25) is 0 Å². The van der Waals surface area contributed by atoms with Crippen molar-refractivity contribution in [3.05, 3.63) is 36.4 Å². The van der Waals surface area contributed by atoms with E-state index in [-0.39, 0.29) is 0 Å². The number of hydrogen-bond acceptors (Lipinski definition) is 6. The Morgan fingerprint density at radius 2 is 1.25 bits per heavy atom. The third-order valence-corrected chi connectivity index (χ3v) is 4.57. The molecule has 0 aromatic heterocycles. The zero-order valence-corrected chi connectivity index (χ0v) is 13.2. The van der Waals surface area contributed by atoms with Crippen LogP contribution in [0.5, 0.6) is 0 Å². The number of primary amides is 2. The first-order valence-electron chi connectivity index (χ1n) is 6.78. The predicted octanol–water partition coefficient (Wildman–Crippen LogP) is 1.41. The minimum Gasteiger partial charge on any atom is -0.354 e. The van der Waals surface area contributed by atoms with E-state index < -0.39 is 12.1 Å². The van der Waals surface area contributed by atoms with Crippen LogP contribution in [0, 0.1) is 0 Å². The molecule has 2 aromatic rings. The quantitative estimate of drug-likeness (QED) is 0.268. The van der Waals surface area contributed by atoms with Crippen LogP contribution in [-0.2, 0) is 0 Å². The van der Waals surface area contributed by atoms with Crippen LogP contribution in [0.15, 0.2) is 46.2 Å². The Morgan fingerprint density at radius 1 is 0.833 bits per heavy atom. The van der Waals surface area contributed by atoms with Gasteiger partial charge >= 0.3 is 12.1 Å². The summed E-state index contributed by atoms with van der Waals surface area (Å²) in [5.41, 5.74) is 13.0. The van der Waals surface area contributed by atoms with E-state index in [1.807, 2.05) is 0 Å². The topological polar surface area (TPSA) is 157 Å². The first-order valence-corrected chi connectivity index (χ1v) is 7.60. The van der Waals surface area contributed by atoms with Gasteiger partial charge < -0.3 is 16.8 Å². The van der Waals surface area contributed by atoms with Crippen molar-refractivity contribution in [2.24, 2.45) is 23.2 Å². The molecule has 2 aromatic carbocycles. The first kappa shape index (κ1) is 15.9. The molecule has 0 saturated carbocycles. The highest BCUT2D eigenvalue weighted by molar-refractivity contribution is 7.99. The van der Waals surface area contributed by atoms with Gasteiger partial charge in [-0.1, -0.05) is 11.8 Å². The van der Waals surface area contributed by atoms with E-state index >= 15 is 0 Å². The number of hydrogen-bond donors (Lipinski definition) is 5. The molecule has 0 atom stereocenters. The third-order valence-electron chi connectivity index (χ3n) is 3.45. The highest BCUT2D eigenvalue weighted by Gasteiger charge is 2.19. The van der Waals surface area contributed by atoms with Crippen molar-refractivity contribution in [1.82, 2.24) is 0 Å². The van der Waals surface area contributed by atoms with Crippen molar-refractivity contribution in [2.75, 3.05) is 15.3 Å². The summed E-state index contributed by atoms with van der Waals surface area (Å²) >= 11 is 1.44. The Morgan fingerprint density at radius 3 is 1.62 bits per heavy atom. The van der Waals surface area contributed by atoms with Gasteiger partial charge in [-0.2, -0.15) is 0 Å². The third kappa shape index (κ3) is 2.80. The smallest absolute Gasteiger partial charge is 0.333 e. The van der Waals surface area contributed by atoms with Crippen LogP contribution in [0.25, 0.3) is 0 Å². The molecule has 0 bridgehead atoms. The summed E-state index contributed by atoms with van der Waals surface area (Å²) in [5.74, 6) is 11.2. The van der Waals surface area contributed by atoms with Crippen molar-refractivity contribution in [3.8, 4) is 0 Å². The number of amides is 4. The maximum atomic E-state index is 11.2. The average Bonchev–Trinajstić information content (AvgIpc) is 2.57. The lowest BCUT2D eigenvalue weighted by atomic mass is 10.2. The number of hydrazine groups is 2. The SMILES string of the molecule is NC(=O)N(N)c1ccc2c(c1)Sc1cc(N(N)C(N)=O)ccc1N2. The maximum absolute atomic E-state index is 11.2. The molecule has 1 aliphatic rings. The van der Waals surface area contributed by atoms with E-state index in [0.29, 0.717) is 11.4 Å². The number of anilines is 4. The van der Waals surface area contributed by atoms with E-state index in [1.54, 1.807) is 36.4 Å². The number of carbonyl (C=O) groups excluding carboxylic acids is 2. The second-order valence-corrected chi connectivity index (χ2v) is 6.09. The van der Waals surface area contributed by atoms with Crippen LogP contribution >= 0.6 is 11.8 Å². The van der Waals surface area contributed by atoms with Crippen LogP contribution in [0.4, 0.5) is 32.3 Å². The second kappa shape index (κ2) is 5.92. The molecule has 0 unspecified atom stereocenters. The lowest BCUT2D eigenvalue weighted by Gasteiger charge is -2.24. The average molecular weight is 345 g/mol. The number of carbonyl (C=O) groups is 2. The molecule has 0 spiro atoms. The summed E-state index contributed by atoms with van der Waals surface area (Å²) in [6.45, 7) is 0. The molecule has 1 aliphatic heterocycles. The van der Waals surface area contributed by atoms with Crippen LogP contribution in [0.2, 0.25) is 0 Å². The lowest BCUT2D eigenvalue weighted by Crippen LogP contribution is -2.41. The number of nitrogens with two attached hydrogens (primary N) is 4. The minimum absolute atomic E-state index is 0.466. The number of rotatable bonds is 2. The highest BCUT2D eigenvalue weighted by atomic mass is 32.2. The second-order valence-electron chi connectivity index (χ2n) is 5.00. The monoisotopic (exact) mass is 345 g/mol. The molecule has 0 radical (unpaired) electrons. The van der Waals surface area contributed by atoms with Gasteiger partial charge in [-0.25, -0.2) is 31.3 Å². The summed E-state index contributed by atoms with van der Waals surface area (Å²) in [4.78, 5) is 24.1. The van der Waals surface area contributed by atoms with Crippen LogP contribution in [0.1, 0.15) is 0 Å². The molecule has 0 fully saturated rings. The molecule has 1 heterocycles.